The van der Waals surface area contributed by atoms with Gasteiger partial charge in [-0.3, -0.25) is 0 Å². The number of nitrogens with zero attached hydrogens (tertiary/aromatic N) is 1. The highest BCUT2D eigenvalue weighted by Gasteiger charge is 2.52. The van der Waals surface area contributed by atoms with Crippen LogP contribution in [0.1, 0.15) is 33.6 Å². The molecule has 1 aromatic carbocycles. The van der Waals surface area contributed by atoms with Gasteiger partial charge in [-0.05, 0) is 49.7 Å². The monoisotopic (exact) mass is 337 g/mol. The van der Waals surface area contributed by atoms with Crippen molar-refractivity contribution in [1.82, 2.24) is 4.98 Å². The van der Waals surface area contributed by atoms with E-state index in [1.807, 2.05) is 46.8 Å². The molecule has 0 atom stereocenters. The molecule has 0 radical (unpaired) electrons. The Bertz CT molecular complexity index is 664. The summed E-state index contributed by atoms with van der Waals surface area (Å²) >= 11 is 3.48. The van der Waals surface area contributed by atoms with Crippen molar-refractivity contribution in [2.24, 2.45) is 0 Å². The normalized spacial score (nSPS) is 20.8. The molecule has 2 heterocycles. The summed E-state index contributed by atoms with van der Waals surface area (Å²) < 4.78 is 18.7. The first-order valence-corrected chi connectivity index (χ1v) is 7.42. The average Bonchev–Trinajstić information content (AvgIpc) is 2.78. The van der Waals surface area contributed by atoms with Crippen LogP contribution in [0.15, 0.2) is 21.0 Å². The van der Waals surface area contributed by atoms with Crippen molar-refractivity contribution < 1.29 is 13.7 Å². The lowest BCUT2D eigenvalue weighted by Crippen LogP contribution is -2.41. The number of hydrogen-bond acceptors (Lipinski definition) is 4. The van der Waals surface area contributed by atoms with Crippen LogP contribution in [-0.4, -0.2) is 23.3 Å². The SMILES string of the molecule is Cc1nc2c(B3OC(C)(C)C(C)(C)O3)ccc(Br)c2o1. The Morgan fingerprint density at radius 1 is 1.10 bits per heavy atom. The van der Waals surface area contributed by atoms with Crippen LogP contribution in [0.3, 0.4) is 0 Å². The molecule has 2 aromatic rings. The largest absolute Gasteiger partial charge is 0.497 e. The van der Waals surface area contributed by atoms with Gasteiger partial charge >= 0.3 is 7.12 Å². The van der Waals surface area contributed by atoms with Gasteiger partial charge in [0.2, 0.25) is 0 Å². The average molecular weight is 338 g/mol. The number of halogens is 1. The van der Waals surface area contributed by atoms with Gasteiger partial charge in [0.05, 0.1) is 15.7 Å². The maximum absolute atomic E-state index is 6.09. The molecule has 106 valence electrons. The molecule has 1 aromatic heterocycles. The molecule has 6 heteroatoms. The van der Waals surface area contributed by atoms with E-state index < -0.39 is 7.12 Å². The molecule has 3 rings (SSSR count). The van der Waals surface area contributed by atoms with Crippen LogP contribution in [0.25, 0.3) is 11.1 Å². The molecule has 0 spiro atoms. The van der Waals surface area contributed by atoms with Crippen LogP contribution in [0.5, 0.6) is 0 Å². The van der Waals surface area contributed by atoms with E-state index in [-0.39, 0.29) is 11.2 Å². The first-order valence-electron chi connectivity index (χ1n) is 6.62. The zero-order valence-electron chi connectivity index (χ0n) is 12.3. The maximum atomic E-state index is 6.09. The zero-order valence-corrected chi connectivity index (χ0v) is 13.9. The summed E-state index contributed by atoms with van der Waals surface area (Å²) in [6, 6.07) is 3.91. The summed E-state index contributed by atoms with van der Waals surface area (Å²) in [5, 5.41) is 0. The van der Waals surface area contributed by atoms with Crippen LogP contribution >= 0.6 is 15.9 Å². The van der Waals surface area contributed by atoms with Crippen molar-refractivity contribution in [3.8, 4) is 0 Å². The summed E-state index contributed by atoms with van der Waals surface area (Å²) in [4.78, 5) is 4.46. The maximum Gasteiger partial charge on any atom is 0.497 e. The van der Waals surface area contributed by atoms with Crippen molar-refractivity contribution in [1.29, 1.82) is 0 Å². The lowest BCUT2D eigenvalue weighted by molar-refractivity contribution is 0.00578. The number of rotatable bonds is 1. The molecule has 1 aliphatic heterocycles. The lowest BCUT2D eigenvalue weighted by Gasteiger charge is -2.32. The highest BCUT2D eigenvalue weighted by molar-refractivity contribution is 9.10. The van der Waals surface area contributed by atoms with Crippen LogP contribution in [0.4, 0.5) is 0 Å². The molecule has 0 N–H and O–H groups in total. The van der Waals surface area contributed by atoms with Crippen LogP contribution < -0.4 is 5.46 Å². The van der Waals surface area contributed by atoms with E-state index >= 15 is 0 Å². The van der Waals surface area contributed by atoms with Gasteiger partial charge in [-0.1, -0.05) is 6.07 Å². The van der Waals surface area contributed by atoms with Gasteiger partial charge in [-0.25, -0.2) is 4.98 Å². The number of hydrogen-bond donors (Lipinski definition) is 0. The fraction of sp³-hybridized carbons (Fsp3) is 0.500. The summed E-state index contributed by atoms with van der Waals surface area (Å²) in [6.07, 6.45) is 0. The minimum atomic E-state index is -0.430. The van der Waals surface area contributed by atoms with Crippen molar-refractivity contribution in [2.45, 2.75) is 45.8 Å². The highest BCUT2D eigenvalue weighted by atomic mass is 79.9. The number of aromatic nitrogens is 1. The third-order valence-electron chi connectivity index (χ3n) is 4.14. The Balaban J connectivity index is 2.11. The molecule has 0 saturated carbocycles. The molecular formula is C14H17BBrNO3. The summed E-state index contributed by atoms with van der Waals surface area (Å²) in [7, 11) is -0.430. The first-order chi connectivity index (χ1) is 9.21. The predicted molar refractivity (Wildman–Crippen MR) is 82.2 cm³/mol. The van der Waals surface area contributed by atoms with Gasteiger partial charge in [0, 0.05) is 12.4 Å². The second-order valence-electron chi connectivity index (χ2n) is 6.14. The fourth-order valence-corrected chi connectivity index (χ4v) is 2.66. The van der Waals surface area contributed by atoms with Gasteiger partial charge in [0.1, 0.15) is 5.52 Å². The van der Waals surface area contributed by atoms with Gasteiger partial charge in [-0.2, -0.15) is 0 Å². The number of oxazole rings is 1. The van der Waals surface area contributed by atoms with Crippen LogP contribution in [-0.2, 0) is 9.31 Å². The summed E-state index contributed by atoms with van der Waals surface area (Å²) in [6.45, 7) is 9.99. The van der Waals surface area contributed by atoms with E-state index in [0.717, 1.165) is 21.0 Å². The van der Waals surface area contributed by atoms with Crippen molar-refractivity contribution in [3.63, 3.8) is 0 Å². The molecule has 4 nitrogen and oxygen atoms in total. The smallest absolute Gasteiger partial charge is 0.440 e. The molecule has 1 saturated heterocycles. The van der Waals surface area contributed by atoms with E-state index in [0.29, 0.717) is 5.89 Å². The minimum absolute atomic E-state index is 0.365. The van der Waals surface area contributed by atoms with Crippen molar-refractivity contribution in [2.75, 3.05) is 0 Å². The zero-order chi connectivity index (χ0) is 14.7. The Hall–Kier alpha value is -0.845. The van der Waals surface area contributed by atoms with Crippen molar-refractivity contribution >= 4 is 39.6 Å². The Morgan fingerprint density at radius 2 is 1.70 bits per heavy atom. The second-order valence-corrected chi connectivity index (χ2v) is 6.99. The minimum Gasteiger partial charge on any atom is -0.440 e. The van der Waals surface area contributed by atoms with E-state index in [1.165, 1.54) is 0 Å². The Kier molecular flexibility index (Phi) is 3.05. The lowest BCUT2D eigenvalue weighted by atomic mass is 9.78. The molecule has 20 heavy (non-hydrogen) atoms. The third kappa shape index (κ3) is 2.01. The molecule has 0 unspecified atom stereocenters. The predicted octanol–water partition coefficient (Wildman–Crippen LogP) is 3.20. The number of fused-ring (bicyclic) bond motifs is 1. The quantitative estimate of drug-likeness (QED) is 0.749. The summed E-state index contributed by atoms with van der Waals surface area (Å²) in [5.74, 6) is 0.629. The first kappa shape index (κ1) is 14.1. The second kappa shape index (κ2) is 4.32. The van der Waals surface area contributed by atoms with E-state index in [1.54, 1.807) is 0 Å². The highest BCUT2D eigenvalue weighted by Crippen LogP contribution is 2.37. The molecule has 1 fully saturated rings. The number of aryl methyl sites for hydroxylation is 1. The van der Waals surface area contributed by atoms with Crippen LogP contribution in [0, 0.1) is 6.92 Å². The Morgan fingerprint density at radius 3 is 2.30 bits per heavy atom. The standard InChI is InChI=1S/C14H17BBrNO3/c1-8-17-11-9(6-7-10(16)12(11)18-8)15-19-13(2,3)14(4,5)20-15/h6-7H,1-5H3. The van der Waals surface area contributed by atoms with Crippen molar-refractivity contribution in [3.05, 3.63) is 22.5 Å². The fourth-order valence-electron chi connectivity index (χ4n) is 2.26. The molecule has 1 aliphatic rings. The van der Waals surface area contributed by atoms with Gasteiger partial charge in [0.25, 0.3) is 0 Å². The molecule has 0 bridgehead atoms. The molecule has 0 aliphatic carbocycles. The molecular weight excluding hydrogens is 321 g/mol. The number of benzene rings is 1. The Labute approximate surface area is 127 Å². The van der Waals surface area contributed by atoms with E-state index in [2.05, 4.69) is 20.9 Å². The summed E-state index contributed by atoms with van der Waals surface area (Å²) in [5.41, 5.74) is 1.69. The van der Waals surface area contributed by atoms with E-state index in [4.69, 9.17) is 13.7 Å². The van der Waals surface area contributed by atoms with Gasteiger partial charge in [0.15, 0.2) is 11.5 Å². The third-order valence-corrected chi connectivity index (χ3v) is 4.77. The van der Waals surface area contributed by atoms with Crippen LogP contribution in [0.2, 0.25) is 0 Å². The topological polar surface area (TPSA) is 44.5 Å². The van der Waals surface area contributed by atoms with Gasteiger partial charge in [-0.15, -0.1) is 0 Å². The van der Waals surface area contributed by atoms with E-state index in [9.17, 15) is 0 Å². The van der Waals surface area contributed by atoms with Gasteiger partial charge < -0.3 is 13.7 Å². The molecule has 0 amide bonds.